The lowest BCUT2D eigenvalue weighted by molar-refractivity contribution is -0.139. The smallest absolute Gasteiger partial charge is 0.309 e. The highest BCUT2D eigenvalue weighted by Gasteiger charge is 2.11. The van der Waals surface area contributed by atoms with Crippen LogP contribution in [-0.4, -0.2) is 38.6 Å². The van der Waals surface area contributed by atoms with Crippen molar-refractivity contribution in [3.05, 3.63) is 0 Å². The van der Waals surface area contributed by atoms with Crippen LogP contribution < -0.4 is 10.6 Å². The average Bonchev–Trinajstić information content (AvgIpc) is 2.33. The maximum Gasteiger partial charge on any atom is 0.309 e. The van der Waals surface area contributed by atoms with E-state index in [1.54, 1.807) is 7.11 Å². The van der Waals surface area contributed by atoms with Gasteiger partial charge in [-0.25, -0.2) is 0 Å². The van der Waals surface area contributed by atoms with Crippen LogP contribution >= 0.6 is 0 Å². The minimum atomic E-state index is -0.587. The van der Waals surface area contributed by atoms with Gasteiger partial charge in [0, 0.05) is 20.2 Å². The fourth-order valence-electron chi connectivity index (χ4n) is 1.36. The molecule has 0 aromatic heterocycles. The summed E-state index contributed by atoms with van der Waals surface area (Å²) in [4.78, 5) is 22.5. The van der Waals surface area contributed by atoms with Gasteiger partial charge in [0.05, 0.1) is 6.61 Å². The Balaban J connectivity index is 3.41. The molecule has 0 saturated carbocycles. The van der Waals surface area contributed by atoms with Crippen LogP contribution in [0.4, 0.5) is 0 Å². The van der Waals surface area contributed by atoms with Crippen LogP contribution in [0.2, 0.25) is 0 Å². The highest BCUT2D eigenvalue weighted by molar-refractivity contribution is 6.35. The minimum absolute atomic E-state index is 0.360. The number of carbonyl (C=O) groups is 2. The third-order valence-electron chi connectivity index (χ3n) is 2.36. The molecule has 2 amide bonds. The molecular weight excluding hydrogens is 220 g/mol. The lowest BCUT2D eigenvalue weighted by Gasteiger charge is -2.05. The zero-order valence-corrected chi connectivity index (χ0v) is 10.9. The molecule has 5 heteroatoms. The molecule has 0 unspecified atom stereocenters. The second-order valence-electron chi connectivity index (χ2n) is 3.92. The fourth-order valence-corrected chi connectivity index (χ4v) is 1.36. The zero-order valence-electron chi connectivity index (χ0n) is 10.9. The van der Waals surface area contributed by atoms with E-state index in [1.165, 1.54) is 19.3 Å². The van der Waals surface area contributed by atoms with E-state index < -0.39 is 11.8 Å². The summed E-state index contributed by atoms with van der Waals surface area (Å²) in [6.07, 6.45) is 5.64. The molecule has 0 bridgehead atoms. The maximum absolute atomic E-state index is 11.3. The molecule has 0 aliphatic heterocycles. The van der Waals surface area contributed by atoms with Crippen molar-refractivity contribution in [2.75, 3.05) is 26.8 Å². The van der Waals surface area contributed by atoms with Crippen molar-refractivity contribution in [2.45, 2.75) is 39.0 Å². The number of unbranched alkanes of at least 4 members (excludes halogenated alkanes) is 4. The van der Waals surface area contributed by atoms with Gasteiger partial charge in [-0.3, -0.25) is 9.59 Å². The molecule has 5 nitrogen and oxygen atoms in total. The first-order valence-corrected chi connectivity index (χ1v) is 6.27. The van der Waals surface area contributed by atoms with Crippen LogP contribution in [0.15, 0.2) is 0 Å². The Bertz CT molecular complexity index is 220. The highest BCUT2D eigenvalue weighted by atomic mass is 16.5. The van der Waals surface area contributed by atoms with E-state index in [4.69, 9.17) is 4.74 Å². The van der Waals surface area contributed by atoms with Crippen LogP contribution in [0.25, 0.3) is 0 Å². The quantitative estimate of drug-likeness (QED) is 0.466. The van der Waals surface area contributed by atoms with Crippen LogP contribution in [0.1, 0.15) is 39.0 Å². The second kappa shape index (κ2) is 11.4. The molecule has 0 rings (SSSR count). The van der Waals surface area contributed by atoms with Crippen molar-refractivity contribution in [3.8, 4) is 0 Å². The third-order valence-corrected chi connectivity index (χ3v) is 2.36. The largest absolute Gasteiger partial charge is 0.383 e. The lowest BCUT2D eigenvalue weighted by atomic mass is 10.1. The van der Waals surface area contributed by atoms with E-state index in [0.29, 0.717) is 19.7 Å². The van der Waals surface area contributed by atoms with Crippen molar-refractivity contribution in [1.29, 1.82) is 0 Å². The molecule has 0 radical (unpaired) electrons. The Hall–Kier alpha value is -1.10. The molecule has 0 fully saturated rings. The molecule has 17 heavy (non-hydrogen) atoms. The number of hydrogen-bond donors (Lipinski definition) is 2. The van der Waals surface area contributed by atoms with E-state index in [1.807, 2.05) is 0 Å². The number of carbonyl (C=O) groups excluding carboxylic acids is 2. The number of ether oxygens (including phenoxy) is 1. The van der Waals surface area contributed by atoms with Crippen molar-refractivity contribution in [2.24, 2.45) is 0 Å². The topological polar surface area (TPSA) is 67.4 Å². The van der Waals surface area contributed by atoms with E-state index in [9.17, 15) is 9.59 Å². The maximum atomic E-state index is 11.3. The van der Waals surface area contributed by atoms with Gasteiger partial charge < -0.3 is 15.4 Å². The molecule has 2 N–H and O–H groups in total. The first-order valence-electron chi connectivity index (χ1n) is 6.27. The van der Waals surface area contributed by atoms with Crippen molar-refractivity contribution >= 4 is 11.8 Å². The second-order valence-corrected chi connectivity index (χ2v) is 3.92. The van der Waals surface area contributed by atoms with Crippen LogP contribution in [0.3, 0.4) is 0 Å². The molecule has 100 valence electrons. The Kier molecular flexibility index (Phi) is 10.7. The summed E-state index contributed by atoms with van der Waals surface area (Å²) >= 11 is 0. The summed E-state index contributed by atoms with van der Waals surface area (Å²) in [7, 11) is 1.54. The zero-order chi connectivity index (χ0) is 12.9. The molecule has 0 heterocycles. The molecule has 0 saturated heterocycles. The van der Waals surface area contributed by atoms with Gasteiger partial charge in [0.15, 0.2) is 0 Å². The van der Waals surface area contributed by atoms with E-state index in [2.05, 4.69) is 17.6 Å². The molecule has 0 atom stereocenters. The summed E-state index contributed by atoms with van der Waals surface area (Å²) in [5.74, 6) is -1.15. The predicted octanol–water partition coefficient (Wildman–Crippen LogP) is 0.836. The number of methoxy groups -OCH3 is 1. The Labute approximate surface area is 103 Å². The van der Waals surface area contributed by atoms with Crippen LogP contribution in [0, 0.1) is 0 Å². The fraction of sp³-hybridized carbons (Fsp3) is 0.833. The van der Waals surface area contributed by atoms with Gasteiger partial charge in [-0.2, -0.15) is 0 Å². The molecule has 0 aliphatic carbocycles. The third kappa shape index (κ3) is 9.81. The highest BCUT2D eigenvalue weighted by Crippen LogP contribution is 2.00. The standard InChI is InChI=1S/C12H24N2O3/c1-3-4-5-6-7-8-13-11(15)12(16)14-9-10-17-2/h3-10H2,1-2H3,(H,13,15)(H,14,16). The van der Waals surface area contributed by atoms with Crippen molar-refractivity contribution in [1.82, 2.24) is 10.6 Å². The number of hydrogen-bond acceptors (Lipinski definition) is 3. The SMILES string of the molecule is CCCCCCCNC(=O)C(=O)NCCOC. The van der Waals surface area contributed by atoms with Gasteiger partial charge >= 0.3 is 11.8 Å². The van der Waals surface area contributed by atoms with Gasteiger partial charge in [-0.15, -0.1) is 0 Å². The van der Waals surface area contributed by atoms with Gasteiger partial charge in [0.1, 0.15) is 0 Å². The summed E-state index contributed by atoms with van der Waals surface area (Å²) in [6, 6.07) is 0. The van der Waals surface area contributed by atoms with Crippen molar-refractivity contribution in [3.63, 3.8) is 0 Å². The first kappa shape index (κ1) is 15.9. The molecule has 0 aromatic carbocycles. The first-order chi connectivity index (χ1) is 8.22. The normalized spacial score (nSPS) is 10.0. The number of nitrogens with one attached hydrogen (secondary N) is 2. The van der Waals surface area contributed by atoms with Crippen molar-refractivity contribution < 1.29 is 14.3 Å². The van der Waals surface area contributed by atoms with Crippen LogP contribution in [-0.2, 0) is 14.3 Å². The Morgan fingerprint density at radius 2 is 1.53 bits per heavy atom. The van der Waals surface area contributed by atoms with Gasteiger partial charge in [0.25, 0.3) is 0 Å². The molecule has 0 spiro atoms. The summed E-state index contributed by atoms with van der Waals surface area (Å²) in [5, 5.41) is 5.06. The van der Waals surface area contributed by atoms with Crippen LogP contribution in [0.5, 0.6) is 0 Å². The number of amides is 2. The predicted molar refractivity (Wildman–Crippen MR) is 66.7 cm³/mol. The van der Waals surface area contributed by atoms with E-state index >= 15 is 0 Å². The van der Waals surface area contributed by atoms with E-state index in [-0.39, 0.29) is 0 Å². The van der Waals surface area contributed by atoms with Gasteiger partial charge in [-0.05, 0) is 6.42 Å². The average molecular weight is 244 g/mol. The summed E-state index contributed by atoms with van der Waals surface area (Å²) in [6.45, 7) is 3.50. The van der Waals surface area contributed by atoms with E-state index in [0.717, 1.165) is 12.8 Å². The molecule has 0 aromatic rings. The Morgan fingerprint density at radius 1 is 0.941 bits per heavy atom. The monoisotopic (exact) mass is 244 g/mol. The molecular formula is C12H24N2O3. The minimum Gasteiger partial charge on any atom is -0.383 e. The van der Waals surface area contributed by atoms with Gasteiger partial charge in [-0.1, -0.05) is 32.6 Å². The Morgan fingerprint density at radius 3 is 2.12 bits per heavy atom. The van der Waals surface area contributed by atoms with Gasteiger partial charge in [0.2, 0.25) is 0 Å². The number of rotatable bonds is 9. The lowest BCUT2D eigenvalue weighted by Crippen LogP contribution is -2.41. The molecule has 0 aliphatic rings. The summed E-state index contributed by atoms with van der Waals surface area (Å²) < 4.78 is 4.76. The summed E-state index contributed by atoms with van der Waals surface area (Å²) in [5.41, 5.74) is 0.